The molecule has 2 heteroatoms. The van der Waals surface area contributed by atoms with Crippen molar-refractivity contribution >= 4 is 5.97 Å². The van der Waals surface area contributed by atoms with Crippen LogP contribution in [0.25, 0.3) is 0 Å². The molecule has 0 bridgehead atoms. The van der Waals surface area contributed by atoms with Crippen LogP contribution in [-0.4, -0.2) is 11.1 Å². The van der Waals surface area contributed by atoms with E-state index in [1.54, 1.807) is 0 Å². The molecule has 0 aromatic rings. The molecule has 24 heavy (non-hydrogen) atoms. The molecule has 0 aromatic heterocycles. The molecule has 0 unspecified atom stereocenters. The Balaban J connectivity index is 3.28. The molecule has 0 atom stereocenters. The van der Waals surface area contributed by atoms with Gasteiger partial charge in [-0.1, -0.05) is 75.5 Å². The summed E-state index contributed by atoms with van der Waals surface area (Å²) in [5, 5.41) is 8.53. The van der Waals surface area contributed by atoms with Crippen LogP contribution < -0.4 is 0 Å². The molecule has 0 amide bonds. The maximum atomic E-state index is 10.4. The van der Waals surface area contributed by atoms with Gasteiger partial charge in [-0.25, -0.2) is 0 Å². The Morgan fingerprint density at radius 1 is 0.667 bits per heavy atom. The van der Waals surface area contributed by atoms with Crippen molar-refractivity contribution in [1.29, 1.82) is 0 Å². The van der Waals surface area contributed by atoms with Gasteiger partial charge in [-0.3, -0.25) is 4.79 Å². The molecule has 2 nitrogen and oxygen atoms in total. The lowest BCUT2D eigenvalue weighted by Gasteiger charge is -1.95. The second kappa shape index (κ2) is 19.7. The topological polar surface area (TPSA) is 37.3 Å². The summed E-state index contributed by atoms with van der Waals surface area (Å²) in [4.78, 5) is 10.4. The zero-order chi connectivity index (χ0) is 17.7. The summed E-state index contributed by atoms with van der Waals surface area (Å²) in [6, 6.07) is 0. The van der Waals surface area contributed by atoms with E-state index in [4.69, 9.17) is 5.11 Å². The molecule has 0 spiro atoms. The van der Waals surface area contributed by atoms with Crippen LogP contribution in [0, 0.1) is 0 Å². The van der Waals surface area contributed by atoms with E-state index in [0.29, 0.717) is 6.42 Å². The lowest BCUT2D eigenvalue weighted by Crippen LogP contribution is -1.93. The predicted molar refractivity (Wildman–Crippen MR) is 105 cm³/mol. The van der Waals surface area contributed by atoms with Crippen LogP contribution in [0.5, 0.6) is 0 Å². The lowest BCUT2D eigenvalue weighted by atomic mass is 10.1. The summed E-state index contributed by atoms with van der Waals surface area (Å²) >= 11 is 0. The fourth-order valence-corrected chi connectivity index (χ4v) is 2.52. The first-order valence-electron chi connectivity index (χ1n) is 9.94. The van der Waals surface area contributed by atoms with Gasteiger partial charge in [0.15, 0.2) is 0 Å². The lowest BCUT2D eigenvalue weighted by molar-refractivity contribution is -0.137. The maximum absolute atomic E-state index is 10.4. The molecule has 138 valence electrons. The largest absolute Gasteiger partial charge is 0.481 e. The fraction of sp³-hybridized carbons (Fsp3) is 0.682. The van der Waals surface area contributed by atoms with Crippen molar-refractivity contribution in [3.8, 4) is 0 Å². The van der Waals surface area contributed by atoms with Crippen molar-refractivity contribution in [2.45, 2.75) is 96.8 Å². The minimum absolute atomic E-state index is 0.307. The number of carbonyl (C=O) groups is 1. The Hall–Kier alpha value is -1.31. The Kier molecular flexibility index (Phi) is 18.7. The minimum Gasteiger partial charge on any atom is -0.481 e. The molecule has 0 saturated carbocycles. The number of carboxylic acids is 1. The number of carboxylic acid groups (broad SMARTS) is 1. The normalized spacial score (nSPS) is 12.0. The van der Waals surface area contributed by atoms with E-state index in [0.717, 1.165) is 44.9 Å². The highest BCUT2D eigenvalue weighted by Crippen LogP contribution is 2.06. The molecule has 0 aliphatic rings. The van der Waals surface area contributed by atoms with Crippen LogP contribution >= 0.6 is 0 Å². The number of rotatable bonds is 17. The van der Waals surface area contributed by atoms with Gasteiger partial charge >= 0.3 is 5.97 Å². The van der Waals surface area contributed by atoms with Crippen molar-refractivity contribution in [2.75, 3.05) is 0 Å². The third-order valence-electron chi connectivity index (χ3n) is 4.01. The minimum atomic E-state index is -0.681. The van der Waals surface area contributed by atoms with Crippen molar-refractivity contribution in [1.82, 2.24) is 0 Å². The smallest absolute Gasteiger partial charge is 0.303 e. The van der Waals surface area contributed by atoms with Gasteiger partial charge in [0.2, 0.25) is 0 Å². The third kappa shape index (κ3) is 20.7. The van der Waals surface area contributed by atoms with Crippen LogP contribution in [0.4, 0.5) is 0 Å². The SMILES string of the molecule is CCCCCCC/C=C\C/C=C\CC/C=C\CCCCCC(=O)O. The van der Waals surface area contributed by atoms with E-state index >= 15 is 0 Å². The number of hydrogen-bond donors (Lipinski definition) is 1. The van der Waals surface area contributed by atoms with E-state index in [1.165, 1.54) is 38.5 Å². The molecular weight excluding hydrogens is 296 g/mol. The second-order valence-corrected chi connectivity index (χ2v) is 6.42. The van der Waals surface area contributed by atoms with Gasteiger partial charge < -0.3 is 5.11 Å². The van der Waals surface area contributed by atoms with Crippen molar-refractivity contribution in [2.24, 2.45) is 0 Å². The zero-order valence-corrected chi connectivity index (χ0v) is 15.7. The Morgan fingerprint density at radius 3 is 1.79 bits per heavy atom. The highest BCUT2D eigenvalue weighted by molar-refractivity contribution is 5.66. The van der Waals surface area contributed by atoms with E-state index < -0.39 is 5.97 Å². The molecule has 0 aromatic carbocycles. The summed E-state index contributed by atoms with van der Waals surface area (Å²) in [6.45, 7) is 2.26. The van der Waals surface area contributed by atoms with Gasteiger partial charge in [0.25, 0.3) is 0 Å². The summed E-state index contributed by atoms with van der Waals surface area (Å²) in [5.41, 5.74) is 0. The highest BCUT2D eigenvalue weighted by atomic mass is 16.4. The maximum Gasteiger partial charge on any atom is 0.303 e. The Labute approximate surface area is 149 Å². The Morgan fingerprint density at radius 2 is 1.17 bits per heavy atom. The van der Waals surface area contributed by atoms with E-state index in [1.807, 2.05) is 0 Å². The van der Waals surface area contributed by atoms with Crippen LogP contribution in [0.15, 0.2) is 36.5 Å². The van der Waals surface area contributed by atoms with Crippen LogP contribution in [0.3, 0.4) is 0 Å². The highest BCUT2D eigenvalue weighted by Gasteiger charge is 1.94. The average Bonchev–Trinajstić information content (AvgIpc) is 2.56. The summed E-state index contributed by atoms with van der Waals surface area (Å²) < 4.78 is 0. The summed E-state index contributed by atoms with van der Waals surface area (Å²) in [5.74, 6) is -0.681. The predicted octanol–water partition coefficient (Wildman–Crippen LogP) is 7.22. The van der Waals surface area contributed by atoms with Crippen LogP contribution in [0.2, 0.25) is 0 Å². The molecular formula is C22H38O2. The molecule has 0 fully saturated rings. The van der Waals surface area contributed by atoms with E-state index in [2.05, 4.69) is 43.4 Å². The second-order valence-electron chi connectivity index (χ2n) is 6.42. The van der Waals surface area contributed by atoms with Gasteiger partial charge in [-0.2, -0.15) is 0 Å². The molecule has 0 aliphatic carbocycles. The average molecular weight is 335 g/mol. The zero-order valence-electron chi connectivity index (χ0n) is 15.7. The summed E-state index contributed by atoms with van der Waals surface area (Å²) in [6.07, 6.45) is 29.2. The number of unbranched alkanes of at least 4 members (excludes halogenated alkanes) is 9. The number of allylic oxidation sites excluding steroid dienone is 6. The van der Waals surface area contributed by atoms with Crippen LogP contribution in [0.1, 0.15) is 96.8 Å². The van der Waals surface area contributed by atoms with Crippen molar-refractivity contribution < 1.29 is 9.90 Å². The van der Waals surface area contributed by atoms with E-state index in [9.17, 15) is 4.79 Å². The van der Waals surface area contributed by atoms with Crippen molar-refractivity contribution in [3.05, 3.63) is 36.5 Å². The fourth-order valence-electron chi connectivity index (χ4n) is 2.52. The first kappa shape index (κ1) is 22.7. The molecule has 0 heterocycles. The van der Waals surface area contributed by atoms with Gasteiger partial charge in [-0.05, 0) is 51.4 Å². The Bertz CT molecular complexity index is 353. The quantitative estimate of drug-likeness (QED) is 0.225. The monoisotopic (exact) mass is 334 g/mol. The van der Waals surface area contributed by atoms with Crippen molar-refractivity contribution in [3.63, 3.8) is 0 Å². The first-order chi connectivity index (χ1) is 11.8. The molecule has 0 radical (unpaired) electrons. The number of hydrogen-bond acceptors (Lipinski definition) is 1. The van der Waals surface area contributed by atoms with Crippen LogP contribution in [-0.2, 0) is 4.79 Å². The van der Waals surface area contributed by atoms with Gasteiger partial charge in [0, 0.05) is 6.42 Å². The third-order valence-corrected chi connectivity index (χ3v) is 4.01. The van der Waals surface area contributed by atoms with E-state index in [-0.39, 0.29) is 0 Å². The molecule has 1 N–H and O–H groups in total. The number of aliphatic carboxylic acids is 1. The van der Waals surface area contributed by atoms with Gasteiger partial charge in [0.1, 0.15) is 0 Å². The van der Waals surface area contributed by atoms with Gasteiger partial charge in [0.05, 0.1) is 0 Å². The first-order valence-corrected chi connectivity index (χ1v) is 9.94. The molecule has 0 aliphatic heterocycles. The summed E-state index contributed by atoms with van der Waals surface area (Å²) in [7, 11) is 0. The molecule has 0 saturated heterocycles. The standard InChI is InChI=1S/C22H38O2/c1-2-3-4-5-6-7-8-9-10-11-12-13-14-15-16-17-18-19-20-21-22(23)24/h8-9,11-12,15-16H,2-7,10,13-14,17-21H2,1H3,(H,23,24)/b9-8-,12-11-,16-15-. The van der Waals surface area contributed by atoms with Gasteiger partial charge in [-0.15, -0.1) is 0 Å². The molecule has 0 rings (SSSR count).